The third-order valence-corrected chi connectivity index (χ3v) is 4.91. The number of nitrogens with two attached hydrogens (primary N) is 1. The van der Waals surface area contributed by atoms with E-state index in [1.807, 2.05) is 0 Å². The minimum absolute atomic E-state index is 0.00676. The third-order valence-electron chi connectivity index (χ3n) is 4.91. The average Bonchev–Trinajstić information content (AvgIpc) is 2.91. The van der Waals surface area contributed by atoms with Gasteiger partial charge in [-0.2, -0.15) is 0 Å². The highest BCUT2D eigenvalue weighted by Gasteiger charge is 2.18. The third kappa shape index (κ3) is 3.42. The minimum atomic E-state index is -0.00676. The molecule has 2 aromatic rings. The van der Waals surface area contributed by atoms with Crippen molar-refractivity contribution in [2.24, 2.45) is 5.73 Å². The van der Waals surface area contributed by atoms with Crippen LogP contribution >= 0.6 is 0 Å². The standard InChI is InChI=1S/C18H28N4O/c1-4-15(19)18-20-16-11-13(2)14(3)12-17(16)22(18)6-5-21-7-9-23-10-8-21/h11-12,15H,4-10,19H2,1-3H3. The molecule has 0 radical (unpaired) electrons. The van der Waals surface area contributed by atoms with Gasteiger partial charge in [0.15, 0.2) is 0 Å². The topological polar surface area (TPSA) is 56.3 Å². The van der Waals surface area contributed by atoms with Crippen molar-refractivity contribution in [3.8, 4) is 0 Å². The normalized spacial score (nSPS) is 17.7. The molecule has 23 heavy (non-hydrogen) atoms. The molecule has 126 valence electrons. The Bertz CT molecular complexity index is 673. The van der Waals surface area contributed by atoms with Crippen molar-refractivity contribution in [3.63, 3.8) is 0 Å². The largest absolute Gasteiger partial charge is 0.379 e. The van der Waals surface area contributed by atoms with Gasteiger partial charge < -0.3 is 15.0 Å². The van der Waals surface area contributed by atoms with E-state index in [9.17, 15) is 0 Å². The van der Waals surface area contributed by atoms with Crippen LogP contribution < -0.4 is 5.73 Å². The molecule has 5 heteroatoms. The van der Waals surface area contributed by atoms with Crippen molar-refractivity contribution >= 4 is 11.0 Å². The highest BCUT2D eigenvalue weighted by molar-refractivity contribution is 5.78. The fraction of sp³-hybridized carbons (Fsp3) is 0.611. The number of benzene rings is 1. The summed E-state index contributed by atoms with van der Waals surface area (Å²) in [6, 6.07) is 4.43. The first kappa shape index (κ1) is 16.4. The molecule has 0 spiro atoms. The summed E-state index contributed by atoms with van der Waals surface area (Å²) >= 11 is 0. The van der Waals surface area contributed by atoms with E-state index >= 15 is 0 Å². The SMILES string of the molecule is CCC(N)c1nc2cc(C)c(C)cc2n1CCN1CCOCC1. The fourth-order valence-electron chi connectivity index (χ4n) is 3.17. The van der Waals surface area contributed by atoms with Gasteiger partial charge in [-0.1, -0.05) is 6.92 Å². The van der Waals surface area contributed by atoms with Gasteiger partial charge in [0, 0.05) is 26.2 Å². The molecule has 1 fully saturated rings. The lowest BCUT2D eigenvalue weighted by Crippen LogP contribution is -2.38. The maximum Gasteiger partial charge on any atom is 0.126 e. The number of fused-ring (bicyclic) bond motifs is 1. The van der Waals surface area contributed by atoms with Crippen molar-refractivity contribution in [2.45, 2.75) is 39.8 Å². The number of hydrogen-bond donors (Lipinski definition) is 1. The molecule has 5 nitrogen and oxygen atoms in total. The molecule has 3 rings (SSSR count). The Labute approximate surface area is 138 Å². The molecule has 1 unspecified atom stereocenters. The van der Waals surface area contributed by atoms with Crippen LogP contribution in [0.2, 0.25) is 0 Å². The molecule has 1 atom stereocenters. The first-order valence-electron chi connectivity index (χ1n) is 8.63. The van der Waals surface area contributed by atoms with E-state index in [4.69, 9.17) is 15.5 Å². The van der Waals surface area contributed by atoms with Crippen LogP contribution in [-0.2, 0) is 11.3 Å². The molecule has 1 aromatic heterocycles. The second-order valence-electron chi connectivity index (χ2n) is 6.52. The van der Waals surface area contributed by atoms with Crippen LogP contribution in [0.3, 0.4) is 0 Å². The number of imidazole rings is 1. The molecule has 0 bridgehead atoms. The quantitative estimate of drug-likeness (QED) is 0.920. The first-order valence-corrected chi connectivity index (χ1v) is 8.63. The summed E-state index contributed by atoms with van der Waals surface area (Å²) in [6.45, 7) is 12.1. The predicted octanol–water partition coefficient (Wildman–Crippen LogP) is 2.40. The number of hydrogen-bond acceptors (Lipinski definition) is 4. The van der Waals surface area contributed by atoms with Crippen LogP contribution in [0.4, 0.5) is 0 Å². The summed E-state index contributed by atoms with van der Waals surface area (Å²) in [6.07, 6.45) is 0.902. The molecule has 0 aliphatic carbocycles. The molecule has 1 aromatic carbocycles. The van der Waals surface area contributed by atoms with Crippen LogP contribution in [0.15, 0.2) is 12.1 Å². The van der Waals surface area contributed by atoms with Gasteiger partial charge in [-0.05, 0) is 43.5 Å². The van der Waals surface area contributed by atoms with Crippen LogP contribution in [0.25, 0.3) is 11.0 Å². The minimum Gasteiger partial charge on any atom is -0.379 e. The zero-order valence-electron chi connectivity index (χ0n) is 14.5. The summed E-state index contributed by atoms with van der Waals surface area (Å²) in [5.74, 6) is 1.01. The molecule has 1 aliphatic heterocycles. The van der Waals surface area contributed by atoms with Gasteiger partial charge in [-0.15, -0.1) is 0 Å². The molecule has 0 saturated carbocycles. The van der Waals surface area contributed by atoms with E-state index in [0.29, 0.717) is 0 Å². The van der Waals surface area contributed by atoms with Gasteiger partial charge in [-0.25, -0.2) is 4.98 Å². The van der Waals surface area contributed by atoms with E-state index in [2.05, 4.69) is 42.4 Å². The molecule has 2 N–H and O–H groups in total. The lowest BCUT2D eigenvalue weighted by molar-refractivity contribution is 0.0364. The number of morpholine rings is 1. The van der Waals surface area contributed by atoms with Gasteiger partial charge in [0.1, 0.15) is 5.82 Å². The van der Waals surface area contributed by atoms with Crippen molar-refractivity contribution < 1.29 is 4.74 Å². The Hall–Kier alpha value is -1.43. The van der Waals surface area contributed by atoms with Gasteiger partial charge in [0.2, 0.25) is 0 Å². The summed E-state index contributed by atoms with van der Waals surface area (Å²) in [7, 11) is 0. The van der Waals surface area contributed by atoms with Gasteiger partial charge >= 0.3 is 0 Å². The molecule has 2 heterocycles. The Morgan fingerprint density at radius 2 is 1.87 bits per heavy atom. The Morgan fingerprint density at radius 3 is 2.57 bits per heavy atom. The Morgan fingerprint density at radius 1 is 1.17 bits per heavy atom. The summed E-state index contributed by atoms with van der Waals surface area (Å²) < 4.78 is 7.76. The fourth-order valence-corrected chi connectivity index (χ4v) is 3.17. The average molecular weight is 316 g/mol. The van der Waals surface area contributed by atoms with Gasteiger partial charge in [0.25, 0.3) is 0 Å². The maximum atomic E-state index is 6.33. The number of nitrogens with zero attached hydrogens (tertiary/aromatic N) is 3. The Kier molecular flexibility index (Phi) is 4.99. The molecule has 1 aliphatic rings. The summed E-state index contributed by atoms with van der Waals surface area (Å²) in [4.78, 5) is 7.30. The van der Waals surface area contributed by atoms with Gasteiger partial charge in [0.05, 0.1) is 30.3 Å². The van der Waals surface area contributed by atoms with Crippen molar-refractivity contribution in [1.29, 1.82) is 0 Å². The lowest BCUT2D eigenvalue weighted by atomic mass is 10.1. The van der Waals surface area contributed by atoms with Crippen molar-refractivity contribution in [3.05, 3.63) is 29.1 Å². The second-order valence-corrected chi connectivity index (χ2v) is 6.52. The number of aryl methyl sites for hydroxylation is 2. The summed E-state index contributed by atoms with van der Waals surface area (Å²) in [5.41, 5.74) is 11.2. The van der Waals surface area contributed by atoms with Crippen LogP contribution in [0, 0.1) is 13.8 Å². The van der Waals surface area contributed by atoms with Crippen LogP contribution in [0.1, 0.15) is 36.3 Å². The first-order chi connectivity index (χ1) is 11.1. The zero-order valence-corrected chi connectivity index (χ0v) is 14.5. The molecule has 1 saturated heterocycles. The van der Waals surface area contributed by atoms with E-state index in [1.54, 1.807) is 0 Å². The molecular formula is C18H28N4O. The van der Waals surface area contributed by atoms with E-state index in [1.165, 1.54) is 16.6 Å². The lowest BCUT2D eigenvalue weighted by Gasteiger charge is -2.27. The molecule has 0 amide bonds. The number of aromatic nitrogens is 2. The smallest absolute Gasteiger partial charge is 0.126 e. The van der Waals surface area contributed by atoms with Gasteiger partial charge in [-0.3, -0.25) is 4.90 Å². The van der Waals surface area contributed by atoms with Crippen LogP contribution in [-0.4, -0.2) is 47.3 Å². The Balaban J connectivity index is 1.92. The zero-order chi connectivity index (χ0) is 16.4. The van der Waals surface area contributed by atoms with Crippen molar-refractivity contribution in [2.75, 3.05) is 32.8 Å². The highest BCUT2D eigenvalue weighted by atomic mass is 16.5. The predicted molar refractivity (Wildman–Crippen MR) is 93.7 cm³/mol. The summed E-state index contributed by atoms with van der Waals surface area (Å²) in [5, 5.41) is 0. The van der Waals surface area contributed by atoms with E-state index in [-0.39, 0.29) is 6.04 Å². The van der Waals surface area contributed by atoms with E-state index in [0.717, 1.165) is 57.2 Å². The second kappa shape index (κ2) is 6.99. The number of ether oxygens (including phenoxy) is 1. The number of rotatable bonds is 5. The maximum absolute atomic E-state index is 6.33. The highest BCUT2D eigenvalue weighted by Crippen LogP contribution is 2.24. The van der Waals surface area contributed by atoms with Crippen LogP contribution in [0.5, 0.6) is 0 Å². The van der Waals surface area contributed by atoms with E-state index < -0.39 is 0 Å². The monoisotopic (exact) mass is 316 g/mol. The van der Waals surface area contributed by atoms with Crippen molar-refractivity contribution in [1.82, 2.24) is 14.5 Å². The molecular weight excluding hydrogens is 288 g/mol.